The summed E-state index contributed by atoms with van der Waals surface area (Å²) in [6.07, 6.45) is 6.02. The first kappa shape index (κ1) is 18.3. The van der Waals surface area contributed by atoms with Gasteiger partial charge >= 0.3 is 0 Å². The van der Waals surface area contributed by atoms with Gasteiger partial charge in [0.1, 0.15) is 0 Å². The predicted molar refractivity (Wildman–Crippen MR) is 101 cm³/mol. The molecule has 0 fully saturated rings. The van der Waals surface area contributed by atoms with E-state index >= 15 is 0 Å². The van der Waals surface area contributed by atoms with Crippen molar-refractivity contribution in [2.24, 2.45) is 0 Å². The van der Waals surface area contributed by atoms with Gasteiger partial charge in [-0.05, 0) is 17.5 Å². The molecule has 0 unspecified atom stereocenters. The van der Waals surface area contributed by atoms with Gasteiger partial charge in [-0.3, -0.25) is 4.79 Å². The molecule has 1 N–H and O–H groups in total. The van der Waals surface area contributed by atoms with Crippen LogP contribution in [0, 0.1) is 6.92 Å². The summed E-state index contributed by atoms with van der Waals surface area (Å²) in [6.45, 7) is 4.49. The SMILES string of the molecule is [CH2]CCCCCCC(=O)NCC(c1ccccc1)c1ccccc1. The number of hydrogen-bond donors (Lipinski definition) is 1. The van der Waals surface area contributed by atoms with E-state index in [1.165, 1.54) is 17.5 Å². The van der Waals surface area contributed by atoms with Crippen LogP contribution in [0.15, 0.2) is 60.7 Å². The van der Waals surface area contributed by atoms with Crippen molar-refractivity contribution in [3.8, 4) is 0 Å². The van der Waals surface area contributed by atoms with Crippen molar-refractivity contribution in [2.75, 3.05) is 6.54 Å². The summed E-state index contributed by atoms with van der Waals surface area (Å²) >= 11 is 0. The van der Waals surface area contributed by atoms with Crippen LogP contribution in [0.3, 0.4) is 0 Å². The highest BCUT2D eigenvalue weighted by atomic mass is 16.1. The van der Waals surface area contributed by atoms with Crippen LogP contribution in [-0.4, -0.2) is 12.5 Å². The van der Waals surface area contributed by atoms with Gasteiger partial charge in [0, 0.05) is 18.9 Å². The van der Waals surface area contributed by atoms with E-state index in [-0.39, 0.29) is 11.8 Å². The van der Waals surface area contributed by atoms with Crippen molar-refractivity contribution >= 4 is 5.91 Å². The van der Waals surface area contributed by atoms with Gasteiger partial charge in [-0.25, -0.2) is 0 Å². The summed E-state index contributed by atoms with van der Waals surface area (Å²) in [5.74, 6) is 0.351. The predicted octanol–water partition coefficient (Wildman–Crippen LogP) is 5.11. The third kappa shape index (κ3) is 6.19. The minimum Gasteiger partial charge on any atom is -0.355 e. The molecule has 2 heteroatoms. The fourth-order valence-electron chi connectivity index (χ4n) is 2.92. The lowest BCUT2D eigenvalue weighted by atomic mass is 9.91. The first-order valence-corrected chi connectivity index (χ1v) is 8.97. The third-order valence-electron chi connectivity index (χ3n) is 4.31. The van der Waals surface area contributed by atoms with Gasteiger partial charge in [0.25, 0.3) is 0 Å². The lowest BCUT2D eigenvalue weighted by Gasteiger charge is -2.19. The highest BCUT2D eigenvalue weighted by Crippen LogP contribution is 2.23. The maximum atomic E-state index is 12.1. The van der Waals surface area contributed by atoms with Crippen molar-refractivity contribution in [3.63, 3.8) is 0 Å². The highest BCUT2D eigenvalue weighted by molar-refractivity contribution is 5.75. The fraction of sp³-hybridized carbons (Fsp3) is 0.364. The second-order valence-corrected chi connectivity index (χ2v) is 6.20. The Kier molecular flexibility index (Phi) is 8.09. The van der Waals surface area contributed by atoms with E-state index < -0.39 is 0 Å². The van der Waals surface area contributed by atoms with Gasteiger partial charge in [-0.1, -0.05) is 93.3 Å². The fourth-order valence-corrected chi connectivity index (χ4v) is 2.92. The van der Waals surface area contributed by atoms with Crippen molar-refractivity contribution in [1.29, 1.82) is 0 Å². The molecule has 0 aliphatic heterocycles. The molecule has 0 aliphatic rings. The Labute approximate surface area is 146 Å². The first-order chi connectivity index (χ1) is 11.8. The molecule has 1 radical (unpaired) electrons. The van der Waals surface area contributed by atoms with Crippen LogP contribution in [0.5, 0.6) is 0 Å². The standard InChI is InChI=1S/C22H28NO/c1-2-3-4-5-12-17-22(24)23-18-21(19-13-8-6-9-14-19)20-15-10-7-11-16-20/h6-11,13-16,21H,1-5,12,17-18H2,(H,23,24). The molecule has 24 heavy (non-hydrogen) atoms. The minimum atomic E-state index is 0.154. The van der Waals surface area contributed by atoms with Crippen molar-refractivity contribution in [3.05, 3.63) is 78.7 Å². The van der Waals surface area contributed by atoms with Crippen LogP contribution >= 0.6 is 0 Å². The van der Waals surface area contributed by atoms with Crippen molar-refractivity contribution in [1.82, 2.24) is 5.32 Å². The number of unbranched alkanes of at least 4 members (excludes halogenated alkanes) is 4. The number of benzene rings is 2. The molecule has 127 valence electrons. The van der Waals surface area contributed by atoms with Gasteiger partial charge < -0.3 is 5.32 Å². The normalized spacial score (nSPS) is 10.8. The Morgan fingerprint density at radius 3 is 1.92 bits per heavy atom. The zero-order valence-electron chi connectivity index (χ0n) is 14.4. The smallest absolute Gasteiger partial charge is 0.220 e. The Bertz CT molecular complexity index is 540. The molecule has 0 spiro atoms. The molecule has 0 bridgehead atoms. The van der Waals surface area contributed by atoms with Crippen molar-refractivity contribution in [2.45, 2.75) is 44.4 Å². The average molecular weight is 322 g/mol. The maximum absolute atomic E-state index is 12.1. The number of amides is 1. The summed E-state index contributed by atoms with van der Waals surface area (Å²) < 4.78 is 0. The second kappa shape index (κ2) is 10.6. The zero-order valence-corrected chi connectivity index (χ0v) is 14.4. The summed E-state index contributed by atoms with van der Waals surface area (Å²) in [5, 5.41) is 3.12. The monoisotopic (exact) mass is 322 g/mol. The molecule has 0 saturated carbocycles. The van der Waals surface area contributed by atoms with E-state index in [0.717, 1.165) is 25.7 Å². The molecule has 0 atom stereocenters. The molecular formula is C22H28NO. The zero-order chi connectivity index (χ0) is 17.0. The molecule has 2 aromatic carbocycles. The largest absolute Gasteiger partial charge is 0.355 e. The number of rotatable bonds is 10. The quantitative estimate of drug-likeness (QED) is 0.605. The lowest BCUT2D eigenvalue weighted by Crippen LogP contribution is -2.28. The van der Waals surface area contributed by atoms with Crippen LogP contribution in [0.1, 0.15) is 55.6 Å². The molecule has 2 aromatic rings. The van der Waals surface area contributed by atoms with Gasteiger partial charge in [0.05, 0.1) is 0 Å². The molecule has 2 rings (SSSR count). The van der Waals surface area contributed by atoms with Crippen LogP contribution in [0.2, 0.25) is 0 Å². The highest BCUT2D eigenvalue weighted by Gasteiger charge is 2.14. The Balaban J connectivity index is 1.89. The first-order valence-electron chi connectivity index (χ1n) is 8.97. The second-order valence-electron chi connectivity index (χ2n) is 6.20. The molecule has 2 nitrogen and oxygen atoms in total. The summed E-state index contributed by atoms with van der Waals surface area (Å²) in [4.78, 5) is 12.1. The molecular weight excluding hydrogens is 294 g/mol. The minimum absolute atomic E-state index is 0.154. The number of carbonyl (C=O) groups excluding carboxylic acids is 1. The average Bonchev–Trinajstić information content (AvgIpc) is 2.63. The number of hydrogen-bond acceptors (Lipinski definition) is 1. The van der Waals surface area contributed by atoms with E-state index in [2.05, 4.69) is 60.8 Å². The van der Waals surface area contributed by atoms with Crippen molar-refractivity contribution < 1.29 is 4.79 Å². The van der Waals surface area contributed by atoms with E-state index in [9.17, 15) is 4.79 Å². The van der Waals surface area contributed by atoms with Gasteiger partial charge in [0.2, 0.25) is 5.91 Å². The molecule has 0 aromatic heterocycles. The molecule has 1 amide bonds. The van der Waals surface area contributed by atoms with E-state index in [1.54, 1.807) is 0 Å². The molecule has 0 saturated heterocycles. The maximum Gasteiger partial charge on any atom is 0.220 e. The molecule has 0 heterocycles. The summed E-state index contributed by atoms with van der Waals surface area (Å²) in [7, 11) is 0. The lowest BCUT2D eigenvalue weighted by molar-refractivity contribution is -0.121. The Morgan fingerprint density at radius 1 is 0.833 bits per heavy atom. The Morgan fingerprint density at radius 2 is 1.38 bits per heavy atom. The number of nitrogens with one attached hydrogen (secondary N) is 1. The van der Waals surface area contributed by atoms with Crippen LogP contribution in [0.25, 0.3) is 0 Å². The van der Waals surface area contributed by atoms with Crippen LogP contribution in [0.4, 0.5) is 0 Å². The van der Waals surface area contributed by atoms with E-state index in [1.807, 2.05) is 12.1 Å². The van der Waals surface area contributed by atoms with Gasteiger partial charge in [0.15, 0.2) is 0 Å². The van der Waals surface area contributed by atoms with E-state index in [0.29, 0.717) is 13.0 Å². The topological polar surface area (TPSA) is 29.1 Å². The Hall–Kier alpha value is -2.09. The van der Waals surface area contributed by atoms with Crippen LogP contribution < -0.4 is 5.32 Å². The molecule has 0 aliphatic carbocycles. The van der Waals surface area contributed by atoms with Gasteiger partial charge in [-0.15, -0.1) is 0 Å². The number of carbonyl (C=O) groups is 1. The van der Waals surface area contributed by atoms with Crippen LogP contribution in [-0.2, 0) is 4.79 Å². The third-order valence-corrected chi connectivity index (χ3v) is 4.31. The van der Waals surface area contributed by atoms with Gasteiger partial charge in [-0.2, -0.15) is 0 Å². The summed E-state index contributed by atoms with van der Waals surface area (Å²) in [5.41, 5.74) is 2.47. The van der Waals surface area contributed by atoms with E-state index in [4.69, 9.17) is 0 Å². The summed E-state index contributed by atoms with van der Waals surface area (Å²) in [6, 6.07) is 20.8.